The van der Waals surface area contributed by atoms with E-state index < -0.39 is 60.0 Å². The van der Waals surface area contributed by atoms with E-state index >= 15 is 0 Å². The summed E-state index contributed by atoms with van der Waals surface area (Å²) in [5.74, 6) is -5.17. The molecule has 0 spiro atoms. The van der Waals surface area contributed by atoms with Crippen molar-refractivity contribution in [3.05, 3.63) is 182 Å². The van der Waals surface area contributed by atoms with Gasteiger partial charge in [0.05, 0.1) is 72.7 Å². The molecule has 3 saturated heterocycles. The number of allylic oxidation sites excluding steroid dienone is 1. The predicted molar refractivity (Wildman–Crippen MR) is 329 cm³/mol. The van der Waals surface area contributed by atoms with E-state index in [1.54, 1.807) is 62.0 Å². The van der Waals surface area contributed by atoms with Gasteiger partial charge in [-0.1, -0.05) is 65.1 Å². The summed E-state index contributed by atoms with van der Waals surface area (Å²) in [5.41, 5.74) is 3.60. The molecular weight excluding hydrogens is 1230 g/mol. The maximum absolute atomic E-state index is 14.4. The topological polar surface area (TPSA) is 251 Å². The number of pyridine rings is 4. The fourth-order valence-corrected chi connectivity index (χ4v) is 8.18. The molecule has 26 heteroatoms. The van der Waals surface area contributed by atoms with Crippen LogP contribution in [0.3, 0.4) is 0 Å². The van der Waals surface area contributed by atoms with E-state index in [9.17, 15) is 27.2 Å². The molecule has 0 saturated carbocycles. The number of halogens is 7. The summed E-state index contributed by atoms with van der Waals surface area (Å²) >= 11 is 16.2. The lowest BCUT2D eigenvalue weighted by Gasteiger charge is -2.32. The molecule has 0 amide bonds. The van der Waals surface area contributed by atoms with E-state index in [0.29, 0.717) is 43.6 Å². The third-order valence-electron chi connectivity index (χ3n) is 13.6. The predicted octanol–water partition coefficient (Wildman–Crippen LogP) is 11.3. The Hall–Kier alpha value is -6.03. The van der Waals surface area contributed by atoms with Crippen LogP contribution in [-0.2, 0) is 58.7 Å². The third-order valence-corrected chi connectivity index (χ3v) is 14.4. The van der Waals surface area contributed by atoms with Crippen LogP contribution >= 0.6 is 34.8 Å². The van der Waals surface area contributed by atoms with E-state index in [4.69, 9.17) is 93.3 Å². The lowest BCUT2D eigenvalue weighted by atomic mass is 9.79. The molecule has 7 heterocycles. The largest absolute Gasteiger partial charge is 0.494 e. The summed E-state index contributed by atoms with van der Waals surface area (Å²) in [5, 5.41) is 43.4. The molecule has 89 heavy (non-hydrogen) atoms. The number of hydrogen-bond donors (Lipinski definition) is 5. The van der Waals surface area contributed by atoms with Crippen molar-refractivity contribution in [3.63, 3.8) is 0 Å². The van der Waals surface area contributed by atoms with E-state index in [0.717, 1.165) is 22.2 Å². The maximum Gasteiger partial charge on any atom is 0.494 e. The SMILES string of the molecule is C=CCc1cnc(Cl)c(F)c1.CC1(C)OB(c2ccc(C(=O)O)cc2)OC1(C)C.CC1(C)OC[C@H](Cc2cnc(-c3ccc(C(=O)O)cc3)c(F)c2)O1.CC1(C)OC[C@H](Cc2cnc(Cl)c(F)c2)O1.COC(C)(C)CO.OC[C@@H](O)Cc1cnc(Cl)c(F)c1. The van der Waals surface area contributed by atoms with Crippen LogP contribution in [-0.4, -0.2) is 145 Å². The second kappa shape index (κ2) is 33.9. The van der Waals surface area contributed by atoms with E-state index in [-0.39, 0.29) is 80.9 Å². The lowest BCUT2D eigenvalue weighted by molar-refractivity contribution is -0.138. The number of rotatable bonds is 15. The molecule has 6 aromatic rings. The summed E-state index contributed by atoms with van der Waals surface area (Å²) in [4.78, 5) is 36.8. The molecule has 0 radical (unpaired) electrons. The summed E-state index contributed by atoms with van der Waals surface area (Å²) < 4.78 is 91.8. The first-order chi connectivity index (χ1) is 41.5. The van der Waals surface area contributed by atoms with Crippen LogP contribution in [0.2, 0.25) is 15.5 Å². The van der Waals surface area contributed by atoms with Crippen molar-refractivity contribution < 1.29 is 85.7 Å². The second-order valence-corrected chi connectivity index (χ2v) is 24.0. The number of nitrogens with zero attached hydrogens (tertiary/aromatic N) is 4. The highest BCUT2D eigenvalue weighted by Gasteiger charge is 2.51. The average molecular weight is 1310 g/mol. The zero-order valence-electron chi connectivity index (χ0n) is 51.3. The van der Waals surface area contributed by atoms with E-state index in [1.807, 2.05) is 69.2 Å². The summed E-state index contributed by atoms with van der Waals surface area (Å²) in [6.45, 7) is 23.2. The molecule has 3 aliphatic rings. The number of carbonyl (C=O) groups is 2. The minimum Gasteiger partial charge on any atom is -0.478 e. The van der Waals surface area contributed by atoms with Crippen LogP contribution in [0.15, 0.2) is 110 Å². The number of benzene rings is 2. The fraction of sp³-hybridized carbons (Fsp3) is 0.429. The minimum atomic E-state index is -1.02. The van der Waals surface area contributed by atoms with E-state index in [2.05, 4.69) is 26.5 Å². The van der Waals surface area contributed by atoms with Crippen molar-refractivity contribution in [2.75, 3.05) is 33.5 Å². The first kappa shape index (κ1) is 75.4. The average Bonchev–Trinajstić information content (AvgIpc) is 1.70. The zero-order valence-corrected chi connectivity index (χ0v) is 53.6. The van der Waals surface area contributed by atoms with Crippen molar-refractivity contribution >= 4 is 59.3 Å². The molecule has 0 aliphatic carbocycles. The number of aromatic nitrogens is 4. The van der Waals surface area contributed by atoms with Gasteiger partial charge in [-0.2, -0.15) is 0 Å². The minimum absolute atomic E-state index is 0.0580. The number of hydrogen-bond acceptors (Lipinski definition) is 16. The molecule has 0 bridgehead atoms. The van der Waals surface area contributed by atoms with Gasteiger partial charge in [0, 0.05) is 56.7 Å². The van der Waals surface area contributed by atoms with Gasteiger partial charge in [-0.25, -0.2) is 42.1 Å². The van der Waals surface area contributed by atoms with Crippen LogP contribution in [0.4, 0.5) is 17.6 Å². The Balaban J connectivity index is 0.000000237. The van der Waals surface area contributed by atoms with Gasteiger partial charge in [0.15, 0.2) is 44.5 Å². The highest BCUT2D eigenvalue weighted by Crippen LogP contribution is 2.36. The molecule has 484 valence electrons. The smallest absolute Gasteiger partial charge is 0.478 e. The highest BCUT2D eigenvalue weighted by molar-refractivity contribution is 6.62. The van der Waals surface area contributed by atoms with Crippen molar-refractivity contribution in [3.8, 4) is 11.3 Å². The van der Waals surface area contributed by atoms with Gasteiger partial charge in [0.2, 0.25) is 0 Å². The van der Waals surface area contributed by atoms with Gasteiger partial charge in [-0.3, -0.25) is 4.98 Å². The number of carboxylic acid groups (broad SMARTS) is 2. The number of aliphatic hydroxyl groups is 3. The van der Waals surface area contributed by atoms with Gasteiger partial charge in [0.25, 0.3) is 0 Å². The number of methoxy groups -OCH3 is 1. The van der Waals surface area contributed by atoms with Gasteiger partial charge in [-0.15, -0.1) is 6.58 Å². The first-order valence-electron chi connectivity index (χ1n) is 27.8. The van der Waals surface area contributed by atoms with Crippen LogP contribution < -0.4 is 5.46 Å². The zero-order chi connectivity index (χ0) is 66.7. The Labute approximate surface area is 531 Å². The normalized spacial score (nSPS) is 17.7. The summed E-state index contributed by atoms with van der Waals surface area (Å²) in [6, 6.07) is 17.9. The monoisotopic (exact) mass is 1300 g/mol. The van der Waals surface area contributed by atoms with Crippen LogP contribution in [0.1, 0.15) is 112 Å². The molecule has 3 aliphatic heterocycles. The number of carboxylic acids is 2. The summed E-state index contributed by atoms with van der Waals surface area (Å²) in [7, 11) is 1.13. The van der Waals surface area contributed by atoms with Gasteiger partial charge >= 0.3 is 19.1 Å². The van der Waals surface area contributed by atoms with Gasteiger partial charge in [0.1, 0.15) is 11.5 Å². The molecule has 18 nitrogen and oxygen atoms in total. The Morgan fingerprint density at radius 2 is 1.06 bits per heavy atom. The molecule has 3 atom stereocenters. The van der Waals surface area contributed by atoms with Crippen LogP contribution in [0.5, 0.6) is 0 Å². The Bertz CT molecular complexity index is 3260. The molecule has 5 N–H and O–H groups in total. The Morgan fingerprint density at radius 3 is 1.42 bits per heavy atom. The van der Waals surface area contributed by atoms with Gasteiger partial charge < -0.3 is 58.5 Å². The van der Waals surface area contributed by atoms with Crippen molar-refractivity contribution in [1.82, 2.24) is 19.9 Å². The second-order valence-electron chi connectivity index (χ2n) is 22.9. The van der Waals surface area contributed by atoms with Crippen molar-refractivity contribution in [1.29, 1.82) is 0 Å². The molecular formula is C63H76BCl3F4N4O14. The quantitative estimate of drug-likeness (QED) is 0.0277. The van der Waals surface area contributed by atoms with Gasteiger partial charge in [-0.05, 0) is 152 Å². The number of aromatic carboxylic acids is 2. The van der Waals surface area contributed by atoms with E-state index in [1.165, 1.54) is 48.8 Å². The lowest BCUT2D eigenvalue weighted by Crippen LogP contribution is -2.41. The maximum atomic E-state index is 14.4. The third kappa shape index (κ3) is 24.6. The molecule has 3 fully saturated rings. The molecule has 0 unspecified atom stereocenters. The van der Waals surface area contributed by atoms with Crippen molar-refractivity contribution in [2.45, 2.75) is 142 Å². The highest BCUT2D eigenvalue weighted by atomic mass is 35.5. The van der Waals surface area contributed by atoms with Crippen LogP contribution in [0, 0.1) is 23.3 Å². The molecule has 4 aromatic heterocycles. The molecule has 2 aromatic carbocycles. The molecule has 9 rings (SSSR count). The fourth-order valence-electron chi connectivity index (χ4n) is 7.87. The van der Waals surface area contributed by atoms with Crippen molar-refractivity contribution in [2.24, 2.45) is 0 Å². The van der Waals surface area contributed by atoms with Crippen LogP contribution in [0.25, 0.3) is 11.3 Å². The number of aliphatic hydroxyl groups excluding tert-OH is 3. The first-order valence-corrected chi connectivity index (χ1v) is 28.9. The Kier molecular flexibility index (Phi) is 28.7. The number of ether oxygens (including phenoxy) is 5. The standard InChI is InChI=1S/C18H18FNO4.C13H17BO4.C11H13ClFNO2.C8H9ClFNO2.C8H7ClFN.C5H12O2/c1-18(2)23-10-14(24-18)7-11-8-15(19)16(20-9-11)12-3-5-13(6-4-12)17(21)22;1-12(2)13(3,4)18-14(17-12)10-7-5-9(6-8-10)11(15)16;1-11(2)15-6-8(16-11)3-7-4-9(13)10(12)14-5-7;9-8-7(10)2-5(3-11-8)1-6(13)4-12;1-2-3-6-4-7(10)8(9)11-5-6;1-5(2,4-6)7-3/h3-6,8-9,14H,7,10H2,1-2H3,(H,21,22);5-8H,1-4H3,(H,15,16);4-5,8H,3,6H2,1-2H3;2-3,6,12-13H,1,4H2;2,4-5H,1,3H2;6H,4H2,1-3H3/t14-;;8-;6-;;/m0.00../s1. The Morgan fingerprint density at radius 1 is 0.663 bits per heavy atom. The summed E-state index contributed by atoms with van der Waals surface area (Å²) in [6.07, 6.45) is 8.55.